The van der Waals surface area contributed by atoms with Crippen LogP contribution in [0.25, 0.3) is 0 Å². The van der Waals surface area contributed by atoms with E-state index in [0.29, 0.717) is 12.5 Å². The van der Waals surface area contributed by atoms with Crippen molar-refractivity contribution in [1.82, 2.24) is 20.2 Å². The van der Waals surface area contributed by atoms with E-state index in [-0.39, 0.29) is 6.03 Å². The molecule has 0 aliphatic rings. The molecule has 102 valence electrons. The van der Waals surface area contributed by atoms with E-state index in [1.54, 1.807) is 18.1 Å². The Kier molecular flexibility index (Phi) is 5.68. The SMILES string of the molecule is CCC(CC)CNC(=O)N(C)Cc1ncc(C)[nH]1. The molecule has 2 amide bonds. The van der Waals surface area contributed by atoms with E-state index in [9.17, 15) is 4.79 Å². The number of carbonyl (C=O) groups is 1. The smallest absolute Gasteiger partial charge is 0.317 e. The van der Waals surface area contributed by atoms with Crippen LogP contribution in [0.2, 0.25) is 0 Å². The third kappa shape index (κ3) is 4.39. The van der Waals surface area contributed by atoms with Gasteiger partial charge in [0.15, 0.2) is 0 Å². The molecule has 0 aliphatic heterocycles. The van der Waals surface area contributed by atoms with Crippen LogP contribution in [0.15, 0.2) is 6.20 Å². The fraction of sp³-hybridized carbons (Fsp3) is 0.692. The van der Waals surface area contributed by atoms with E-state index in [1.807, 2.05) is 6.92 Å². The van der Waals surface area contributed by atoms with Crippen molar-refractivity contribution >= 4 is 6.03 Å². The first-order valence-corrected chi connectivity index (χ1v) is 6.56. The van der Waals surface area contributed by atoms with Gasteiger partial charge in [-0.25, -0.2) is 9.78 Å². The van der Waals surface area contributed by atoms with E-state index < -0.39 is 0 Å². The van der Waals surface area contributed by atoms with Crippen LogP contribution >= 0.6 is 0 Å². The highest BCUT2D eigenvalue weighted by Gasteiger charge is 2.12. The van der Waals surface area contributed by atoms with Gasteiger partial charge in [0.2, 0.25) is 0 Å². The number of amides is 2. The Bertz CT molecular complexity index is 371. The molecule has 5 heteroatoms. The van der Waals surface area contributed by atoms with E-state index in [0.717, 1.165) is 30.9 Å². The first-order valence-electron chi connectivity index (χ1n) is 6.56. The molecule has 0 saturated carbocycles. The Morgan fingerprint density at radius 1 is 1.50 bits per heavy atom. The lowest BCUT2D eigenvalue weighted by Crippen LogP contribution is -2.39. The molecule has 1 heterocycles. The molecule has 0 unspecified atom stereocenters. The molecule has 1 rings (SSSR count). The number of nitrogens with one attached hydrogen (secondary N) is 2. The first-order chi connectivity index (χ1) is 8.56. The van der Waals surface area contributed by atoms with Crippen LogP contribution in [0.1, 0.15) is 38.2 Å². The van der Waals surface area contributed by atoms with Crippen LogP contribution < -0.4 is 5.32 Å². The predicted molar refractivity (Wildman–Crippen MR) is 72.3 cm³/mol. The maximum atomic E-state index is 11.9. The van der Waals surface area contributed by atoms with Gasteiger partial charge in [0.1, 0.15) is 5.82 Å². The minimum absolute atomic E-state index is 0.0454. The maximum absolute atomic E-state index is 11.9. The fourth-order valence-corrected chi connectivity index (χ4v) is 1.79. The summed E-state index contributed by atoms with van der Waals surface area (Å²) in [4.78, 5) is 20.8. The topological polar surface area (TPSA) is 61.0 Å². The lowest BCUT2D eigenvalue weighted by atomic mass is 10.0. The van der Waals surface area contributed by atoms with Gasteiger partial charge in [-0.2, -0.15) is 0 Å². The number of carbonyl (C=O) groups excluding carboxylic acids is 1. The van der Waals surface area contributed by atoms with Gasteiger partial charge in [0.25, 0.3) is 0 Å². The Morgan fingerprint density at radius 3 is 2.67 bits per heavy atom. The zero-order valence-electron chi connectivity index (χ0n) is 11.8. The highest BCUT2D eigenvalue weighted by atomic mass is 16.2. The Hall–Kier alpha value is -1.52. The number of nitrogens with zero attached hydrogens (tertiary/aromatic N) is 2. The zero-order valence-corrected chi connectivity index (χ0v) is 11.8. The molecule has 0 spiro atoms. The van der Waals surface area contributed by atoms with Gasteiger partial charge in [-0.05, 0) is 12.8 Å². The van der Waals surface area contributed by atoms with E-state index in [2.05, 4.69) is 29.1 Å². The number of rotatable bonds is 6. The van der Waals surface area contributed by atoms with Gasteiger partial charge in [-0.3, -0.25) is 0 Å². The number of H-pyrrole nitrogens is 1. The van der Waals surface area contributed by atoms with Crippen molar-refractivity contribution in [2.45, 2.75) is 40.2 Å². The van der Waals surface area contributed by atoms with Gasteiger partial charge >= 0.3 is 6.03 Å². The molecule has 0 aliphatic carbocycles. The molecule has 5 nitrogen and oxygen atoms in total. The molecule has 1 aromatic rings. The molecule has 18 heavy (non-hydrogen) atoms. The summed E-state index contributed by atoms with van der Waals surface area (Å²) < 4.78 is 0. The summed E-state index contributed by atoms with van der Waals surface area (Å²) in [7, 11) is 1.78. The molecule has 0 atom stereocenters. The zero-order chi connectivity index (χ0) is 13.5. The summed E-state index contributed by atoms with van der Waals surface area (Å²) in [5, 5.41) is 2.96. The summed E-state index contributed by atoms with van der Waals surface area (Å²) in [5.74, 6) is 1.38. The second-order valence-corrected chi connectivity index (χ2v) is 4.74. The lowest BCUT2D eigenvalue weighted by Gasteiger charge is -2.19. The van der Waals surface area contributed by atoms with Crippen molar-refractivity contribution in [3.8, 4) is 0 Å². The second kappa shape index (κ2) is 7.03. The quantitative estimate of drug-likeness (QED) is 0.816. The Labute approximate surface area is 109 Å². The summed E-state index contributed by atoms with van der Waals surface area (Å²) in [5.41, 5.74) is 1.01. The number of aromatic amines is 1. The highest BCUT2D eigenvalue weighted by molar-refractivity contribution is 5.73. The summed E-state index contributed by atoms with van der Waals surface area (Å²) in [6.45, 7) is 7.49. The number of imidazole rings is 1. The third-order valence-corrected chi connectivity index (χ3v) is 3.19. The average molecular weight is 252 g/mol. The van der Waals surface area contributed by atoms with Gasteiger partial charge in [0, 0.05) is 25.5 Å². The van der Waals surface area contributed by atoms with Crippen molar-refractivity contribution in [1.29, 1.82) is 0 Å². The van der Waals surface area contributed by atoms with Crippen LogP contribution in [0.3, 0.4) is 0 Å². The van der Waals surface area contributed by atoms with E-state index in [1.165, 1.54) is 0 Å². The number of urea groups is 1. The summed E-state index contributed by atoms with van der Waals surface area (Å²) in [6.07, 6.45) is 3.96. The van der Waals surface area contributed by atoms with Crippen LogP contribution in [0, 0.1) is 12.8 Å². The van der Waals surface area contributed by atoms with Crippen molar-refractivity contribution in [2.75, 3.05) is 13.6 Å². The largest absolute Gasteiger partial charge is 0.345 e. The molecule has 0 saturated heterocycles. The molecule has 0 aromatic carbocycles. The molecular formula is C13H24N4O. The van der Waals surface area contributed by atoms with Crippen LogP contribution in [-0.4, -0.2) is 34.5 Å². The van der Waals surface area contributed by atoms with Crippen molar-refractivity contribution in [3.05, 3.63) is 17.7 Å². The minimum Gasteiger partial charge on any atom is -0.345 e. The van der Waals surface area contributed by atoms with Crippen LogP contribution in [0.5, 0.6) is 0 Å². The number of hydrogen-bond donors (Lipinski definition) is 2. The van der Waals surface area contributed by atoms with Gasteiger partial charge in [-0.15, -0.1) is 0 Å². The lowest BCUT2D eigenvalue weighted by molar-refractivity contribution is 0.203. The Balaban J connectivity index is 2.37. The molecule has 0 bridgehead atoms. The van der Waals surface area contributed by atoms with Gasteiger partial charge < -0.3 is 15.2 Å². The van der Waals surface area contributed by atoms with Gasteiger partial charge in [0.05, 0.1) is 6.54 Å². The summed E-state index contributed by atoms with van der Waals surface area (Å²) >= 11 is 0. The van der Waals surface area contributed by atoms with E-state index >= 15 is 0 Å². The van der Waals surface area contributed by atoms with Crippen molar-refractivity contribution < 1.29 is 4.79 Å². The minimum atomic E-state index is -0.0454. The number of aromatic nitrogens is 2. The van der Waals surface area contributed by atoms with Crippen LogP contribution in [-0.2, 0) is 6.54 Å². The molecule has 0 fully saturated rings. The number of aryl methyl sites for hydroxylation is 1. The molecule has 1 aromatic heterocycles. The first kappa shape index (κ1) is 14.5. The van der Waals surface area contributed by atoms with Crippen molar-refractivity contribution in [2.24, 2.45) is 5.92 Å². The highest BCUT2D eigenvalue weighted by Crippen LogP contribution is 2.05. The third-order valence-electron chi connectivity index (χ3n) is 3.19. The van der Waals surface area contributed by atoms with E-state index in [4.69, 9.17) is 0 Å². The Morgan fingerprint density at radius 2 is 2.17 bits per heavy atom. The predicted octanol–water partition coefficient (Wildman–Crippen LogP) is 2.30. The maximum Gasteiger partial charge on any atom is 0.317 e. The monoisotopic (exact) mass is 252 g/mol. The normalized spacial score (nSPS) is 10.7. The van der Waals surface area contributed by atoms with Crippen molar-refractivity contribution in [3.63, 3.8) is 0 Å². The molecular weight excluding hydrogens is 228 g/mol. The average Bonchev–Trinajstić information content (AvgIpc) is 2.75. The molecule has 0 radical (unpaired) electrons. The second-order valence-electron chi connectivity index (χ2n) is 4.74. The van der Waals surface area contributed by atoms with Crippen LogP contribution in [0.4, 0.5) is 4.79 Å². The summed E-state index contributed by atoms with van der Waals surface area (Å²) in [6, 6.07) is -0.0454. The fourth-order valence-electron chi connectivity index (χ4n) is 1.79. The standard InChI is InChI=1S/C13H24N4O/c1-5-11(6-2)8-15-13(18)17(4)9-12-14-7-10(3)16-12/h7,11H,5-6,8-9H2,1-4H3,(H,14,16)(H,15,18). The van der Waals surface area contributed by atoms with Gasteiger partial charge in [-0.1, -0.05) is 26.7 Å². The molecule has 2 N–H and O–H groups in total. The number of hydrogen-bond acceptors (Lipinski definition) is 2.